The molecule has 0 aliphatic rings. The third kappa shape index (κ3) is 6.71. The second kappa shape index (κ2) is 12.0. The first-order chi connectivity index (χ1) is 15.9. The van der Waals surface area contributed by atoms with E-state index in [0.29, 0.717) is 16.7 Å². The van der Waals surface area contributed by atoms with E-state index in [-0.39, 0.29) is 51.1 Å². The van der Waals surface area contributed by atoms with Gasteiger partial charge in [0.25, 0.3) is 0 Å². The predicted molar refractivity (Wildman–Crippen MR) is 137 cm³/mol. The fourth-order valence-corrected chi connectivity index (χ4v) is 4.69. The summed E-state index contributed by atoms with van der Waals surface area (Å²) in [5.74, 6) is -0.0158. The number of anilines is 2. The molecule has 4 aromatic rings. The maximum absolute atomic E-state index is 11.4. The minimum Gasteiger partial charge on any atom is -0.478 e. The molecular weight excluding hydrogens is 503 g/mol. The Morgan fingerprint density at radius 2 is 2.03 bits per heavy atom. The van der Waals surface area contributed by atoms with Gasteiger partial charge in [-0.25, -0.2) is 14.8 Å². The van der Waals surface area contributed by atoms with E-state index in [9.17, 15) is 9.90 Å². The van der Waals surface area contributed by atoms with Gasteiger partial charge in [0.15, 0.2) is 16.7 Å². The molecule has 4 rings (SSSR count). The molecule has 1 aromatic carbocycles. The first-order valence-corrected chi connectivity index (χ1v) is 12.0. The first-order valence-electron chi connectivity index (χ1n) is 9.86. The van der Waals surface area contributed by atoms with E-state index >= 15 is 0 Å². The van der Waals surface area contributed by atoms with Crippen LogP contribution in [0.5, 0.6) is 11.5 Å². The normalized spacial score (nSPS) is 11.4. The fourth-order valence-electron chi connectivity index (χ4n) is 2.89. The quantitative estimate of drug-likeness (QED) is 0.198. The summed E-state index contributed by atoms with van der Waals surface area (Å²) in [6.45, 7) is 3.97. The standard InChI is InChI=1S/C23H19ClN4O3S2.Na/c1-13-12-32-23(27-13)28-21-20(31-19-9-15(22(29)30)6-7-17(19)24)10-16(11-26-21)33-14(2)18-5-3-4-8-25-18;/h3-12,14H,1-2H3,(H,29,30)(H,26,27,28);. The number of aromatic carboxylic acids is 1. The Balaban J connectivity index is 0.00000324. The van der Waals surface area contributed by atoms with Crippen molar-refractivity contribution < 1.29 is 14.6 Å². The summed E-state index contributed by atoms with van der Waals surface area (Å²) in [5, 5.41) is 15.5. The van der Waals surface area contributed by atoms with Crippen LogP contribution in [-0.4, -0.2) is 55.6 Å². The first kappa shape index (κ1) is 26.5. The fraction of sp³-hybridized carbons (Fsp3) is 0.130. The van der Waals surface area contributed by atoms with E-state index in [1.165, 1.54) is 29.5 Å². The second-order valence-electron chi connectivity index (χ2n) is 7.00. The van der Waals surface area contributed by atoms with Crippen molar-refractivity contribution in [2.45, 2.75) is 24.0 Å². The molecule has 0 bridgehead atoms. The van der Waals surface area contributed by atoms with Gasteiger partial charge in [0, 0.05) is 57.5 Å². The molecular formula is C23H19ClN4NaO3S2. The van der Waals surface area contributed by atoms with Crippen molar-refractivity contribution in [3.63, 3.8) is 0 Å². The number of carboxylic acid groups (broad SMARTS) is 1. The number of hydrogen-bond donors (Lipinski definition) is 2. The van der Waals surface area contributed by atoms with Crippen LogP contribution in [0.2, 0.25) is 5.02 Å². The van der Waals surface area contributed by atoms with Gasteiger partial charge in [-0.1, -0.05) is 17.7 Å². The molecule has 3 aromatic heterocycles. The molecule has 7 nitrogen and oxygen atoms in total. The Kier molecular flexibility index (Phi) is 9.35. The summed E-state index contributed by atoms with van der Waals surface area (Å²) in [5.41, 5.74) is 1.91. The molecule has 11 heteroatoms. The maximum Gasteiger partial charge on any atom is 0.335 e. The van der Waals surface area contributed by atoms with Crippen molar-refractivity contribution in [3.8, 4) is 11.5 Å². The Hall–Kier alpha value is -2.14. The number of nitrogens with zero attached hydrogens (tertiary/aromatic N) is 3. The van der Waals surface area contributed by atoms with Crippen LogP contribution in [0.1, 0.15) is 33.9 Å². The molecule has 169 valence electrons. The molecule has 3 heterocycles. The van der Waals surface area contributed by atoms with Gasteiger partial charge in [-0.2, -0.15) is 0 Å². The number of ether oxygens (including phenoxy) is 1. The second-order valence-corrected chi connectivity index (χ2v) is 9.68. The van der Waals surface area contributed by atoms with Gasteiger partial charge in [0.2, 0.25) is 0 Å². The summed E-state index contributed by atoms with van der Waals surface area (Å²) < 4.78 is 6.07. The van der Waals surface area contributed by atoms with Crippen LogP contribution >= 0.6 is 34.7 Å². The molecule has 0 saturated carbocycles. The largest absolute Gasteiger partial charge is 0.478 e. The predicted octanol–water partition coefficient (Wildman–Crippen LogP) is 6.60. The number of aryl methyl sites for hydroxylation is 1. The monoisotopic (exact) mass is 521 g/mol. The van der Waals surface area contributed by atoms with Crippen LogP contribution in [-0.2, 0) is 0 Å². The summed E-state index contributed by atoms with van der Waals surface area (Å²) in [4.78, 5) is 25.6. The Bertz CT molecular complexity index is 1290. The number of aromatic nitrogens is 3. The van der Waals surface area contributed by atoms with Gasteiger partial charge in [-0.05, 0) is 50.2 Å². The zero-order chi connectivity index (χ0) is 23.4. The molecule has 0 saturated heterocycles. The van der Waals surface area contributed by atoms with Crippen molar-refractivity contribution in [2.24, 2.45) is 0 Å². The number of thiazole rings is 1. The van der Waals surface area contributed by atoms with E-state index in [4.69, 9.17) is 16.3 Å². The smallest absolute Gasteiger partial charge is 0.335 e. The van der Waals surface area contributed by atoms with E-state index in [1.54, 1.807) is 24.2 Å². The van der Waals surface area contributed by atoms with Gasteiger partial charge in [0.1, 0.15) is 5.75 Å². The van der Waals surface area contributed by atoms with Crippen molar-refractivity contribution in [2.75, 3.05) is 5.32 Å². The summed E-state index contributed by atoms with van der Waals surface area (Å²) in [6, 6.07) is 11.9. The summed E-state index contributed by atoms with van der Waals surface area (Å²) >= 11 is 9.31. The van der Waals surface area contributed by atoms with Crippen LogP contribution in [0.25, 0.3) is 0 Å². The van der Waals surface area contributed by atoms with Crippen molar-refractivity contribution >= 4 is 81.2 Å². The minimum absolute atomic E-state index is 0. The Labute approximate surface area is 232 Å². The van der Waals surface area contributed by atoms with Crippen LogP contribution in [0.3, 0.4) is 0 Å². The van der Waals surface area contributed by atoms with Gasteiger partial charge in [0.05, 0.1) is 22.0 Å². The maximum atomic E-state index is 11.4. The Morgan fingerprint density at radius 1 is 1.21 bits per heavy atom. The van der Waals surface area contributed by atoms with Crippen molar-refractivity contribution in [1.29, 1.82) is 0 Å². The van der Waals surface area contributed by atoms with E-state index in [2.05, 4.69) is 27.2 Å². The number of carboxylic acids is 1. The number of pyridine rings is 2. The number of nitrogens with one attached hydrogen (secondary N) is 1. The topological polar surface area (TPSA) is 97.2 Å². The minimum atomic E-state index is -1.07. The van der Waals surface area contributed by atoms with Crippen LogP contribution in [0, 0.1) is 6.92 Å². The van der Waals surface area contributed by atoms with Crippen LogP contribution in [0.4, 0.5) is 10.9 Å². The van der Waals surface area contributed by atoms with Gasteiger partial charge >= 0.3 is 5.97 Å². The average molecular weight is 522 g/mol. The van der Waals surface area contributed by atoms with Crippen LogP contribution < -0.4 is 10.1 Å². The molecule has 0 spiro atoms. The molecule has 2 N–H and O–H groups in total. The molecule has 0 amide bonds. The number of benzene rings is 1. The average Bonchev–Trinajstić information content (AvgIpc) is 3.22. The Morgan fingerprint density at radius 3 is 2.71 bits per heavy atom. The number of hydrogen-bond acceptors (Lipinski definition) is 8. The van der Waals surface area contributed by atoms with Crippen molar-refractivity contribution in [1.82, 2.24) is 15.0 Å². The third-order valence-corrected chi connectivity index (χ3v) is 6.77. The molecule has 0 aliphatic heterocycles. The van der Waals surface area contributed by atoms with E-state index < -0.39 is 5.97 Å². The molecule has 34 heavy (non-hydrogen) atoms. The zero-order valence-electron chi connectivity index (χ0n) is 18.7. The molecule has 1 radical (unpaired) electrons. The molecule has 1 unspecified atom stereocenters. The molecule has 0 fully saturated rings. The zero-order valence-corrected chi connectivity index (χ0v) is 23.0. The van der Waals surface area contributed by atoms with Gasteiger partial charge < -0.3 is 15.2 Å². The van der Waals surface area contributed by atoms with E-state index in [0.717, 1.165) is 16.3 Å². The SMILES string of the molecule is Cc1csc(Nc2ncc(SC(C)c3ccccn3)cc2Oc2cc(C(=O)O)ccc2Cl)n1.[Na]. The van der Waals surface area contributed by atoms with Gasteiger partial charge in [-0.3, -0.25) is 4.98 Å². The summed E-state index contributed by atoms with van der Waals surface area (Å²) in [6.07, 6.45) is 3.51. The van der Waals surface area contributed by atoms with Gasteiger partial charge in [-0.15, -0.1) is 23.1 Å². The van der Waals surface area contributed by atoms with Crippen LogP contribution in [0.15, 0.2) is 65.1 Å². The molecule has 1 atom stereocenters. The molecule has 0 aliphatic carbocycles. The number of carbonyl (C=O) groups is 1. The summed E-state index contributed by atoms with van der Waals surface area (Å²) in [7, 11) is 0. The van der Waals surface area contributed by atoms with Crippen molar-refractivity contribution in [3.05, 3.63) is 82.2 Å². The van der Waals surface area contributed by atoms with E-state index in [1.807, 2.05) is 36.6 Å². The third-order valence-electron chi connectivity index (χ3n) is 4.49. The number of halogens is 1. The number of rotatable bonds is 8. The number of thioether (sulfide) groups is 1.